The topological polar surface area (TPSA) is 57.2 Å². The van der Waals surface area contributed by atoms with Gasteiger partial charge in [0.15, 0.2) is 0 Å². The predicted molar refractivity (Wildman–Crippen MR) is 118 cm³/mol. The van der Waals surface area contributed by atoms with E-state index in [1.807, 2.05) is 6.07 Å². The van der Waals surface area contributed by atoms with Gasteiger partial charge in [-0.2, -0.15) is 0 Å². The average molecular weight is 433 g/mol. The van der Waals surface area contributed by atoms with Gasteiger partial charge in [0.25, 0.3) is 0 Å². The molecule has 0 aromatic heterocycles. The fourth-order valence-electron chi connectivity index (χ4n) is 3.85. The Balaban J connectivity index is 0.00000784. The Labute approximate surface area is 202 Å². The zero-order chi connectivity index (χ0) is 20.7. The first kappa shape index (κ1) is 29.1. The molecule has 1 rings (SSSR count). The Morgan fingerprint density at radius 2 is 1.14 bits per heavy atom. The molecule has 0 N–H and O–H groups in total. The Kier molecular flexibility index (Phi) is 17.9. The van der Waals surface area contributed by atoms with E-state index in [1.54, 1.807) is 13.0 Å². The van der Waals surface area contributed by atoms with Crippen molar-refractivity contribution in [3.63, 3.8) is 0 Å². The van der Waals surface area contributed by atoms with E-state index in [4.69, 9.17) is 0 Å². The minimum absolute atomic E-state index is 0. The Hall–Kier alpha value is 0.130. The number of rotatable bonds is 17. The van der Waals surface area contributed by atoms with E-state index in [-0.39, 0.29) is 34.5 Å². The van der Waals surface area contributed by atoms with Crippen molar-refractivity contribution in [3.8, 4) is 0 Å². The normalized spacial score (nSPS) is 11.4. The molecule has 0 radical (unpaired) electrons. The molecule has 0 aliphatic rings. The van der Waals surface area contributed by atoms with Gasteiger partial charge in [-0.25, -0.2) is 8.42 Å². The molecule has 1 aromatic rings. The van der Waals surface area contributed by atoms with Gasteiger partial charge in [0.1, 0.15) is 10.1 Å². The first-order chi connectivity index (χ1) is 13.4. The van der Waals surface area contributed by atoms with Crippen LogP contribution in [0.25, 0.3) is 0 Å². The Morgan fingerprint density at radius 3 is 1.52 bits per heavy atom. The molecule has 29 heavy (non-hydrogen) atoms. The van der Waals surface area contributed by atoms with Gasteiger partial charge in [-0.3, -0.25) is 0 Å². The van der Waals surface area contributed by atoms with Gasteiger partial charge in [0.05, 0.1) is 4.90 Å². The molecular formula is C24H41NaO3S. The summed E-state index contributed by atoms with van der Waals surface area (Å²) in [5, 5.41) is 0. The molecule has 3 nitrogen and oxygen atoms in total. The monoisotopic (exact) mass is 432 g/mol. The van der Waals surface area contributed by atoms with Crippen molar-refractivity contribution >= 4 is 10.1 Å². The molecule has 0 fully saturated rings. The second kappa shape index (κ2) is 17.8. The van der Waals surface area contributed by atoms with Crippen LogP contribution in [0, 0.1) is 6.92 Å². The van der Waals surface area contributed by atoms with Crippen LogP contribution in [-0.2, 0) is 16.5 Å². The molecule has 0 bridgehead atoms. The SMILES string of the molecule is CCCCCCCCCCCCCCCCCc1ccc(S(=O)(=O)[O-])c(C)c1.[Na+]. The fraction of sp³-hybridized carbons (Fsp3) is 0.750. The van der Waals surface area contributed by atoms with Crippen LogP contribution >= 0.6 is 0 Å². The predicted octanol–water partition coefficient (Wildman–Crippen LogP) is 4.32. The maximum Gasteiger partial charge on any atom is 1.00 e. The summed E-state index contributed by atoms with van der Waals surface area (Å²) in [6.07, 6.45) is 21.3. The number of unbranched alkanes of at least 4 members (excludes halogenated alkanes) is 14. The van der Waals surface area contributed by atoms with Crippen LogP contribution in [0.5, 0.6) is 0 Å². The van der Waals surface area contributed by atoms with E-state index < -0.39 is 10.1 Å². The molecule has 0 heterocycles. The molecule has 0 atom stereocenters. The van der Waals surface area contributed by atoms with Gasteiger partial charge in [-0.05, 0) is 37.0 Å². The number of benzene rings is 1. The molecular weight excluding hydrogens is 391 g/mol. The third-order valence-electron chi connectivity index (χ3n) is 5.58. The Morgan fingerprint density at radius 1 is 0.724 bits per heavy atom. The van der Waals surface area contributed by atoms with Crippen molar-refractivity contribution in [3.05, 3.63) is 29.3 Å². The molecule has 1 aromatic carbocycles. The molecule has 0 saturated carbocycles. The van der Waals surface area contributed by atoms with Gasteiger partial charge < -0.3 is 4.55 Å². The van der Waals surface area contributed by atoms with Gasteiger partial charge in [-0.15, -0.1) is 0 Å². The molecule has 5 heteroatoms. The third-order valence-corrected chi connectivity index (χ3v) is 6.57. The largest absolute Gasteiger partial charge is 1.00 e. The van der Waals surface area contributed by atoms with Crippen LogP contribution in [0.3, 0.4) is 0 Å². The van der Waals surface area contributed by atoms with E-state index in [9.17, 15) is 13.0 Å². The minimum Gasteiger partial charge on any atom is -0.744 e. The summed E-state index contributed by atoms with van der Waals surface area (Å²) >= 11 is 0. The van der Waals surface area contributed by atoms with Crippen molar-refractivity contribution in [2.24, 2.45) is 0 Å². The van der Waals surface area contributed by atoms with Crippen LogP contribution in [0.15, 0.2) is 23.1 Å². The molecule has 162 valence electrons. The second-order valence-corrected chi connectivity index (χ2v) is 9.60. The average Bonchev–Trinajstić information content (AvgIpc) is 2.64. The zero-order valence-electron chi connectivity index (χ0n) is 19.2. The molecule has 0 amide bonds. The quantitative estimate of drug-likeness (QED) is 0.209. The molecule has 0 aliphatic heterocycles. The summed E-state index contributed by atoms with van der Waals surface area (Å²) in [6.45, 7) is 3.97. The van der Waals surface area contributed by atoms with Gasteiger partial charge in [0.2, 0.25) is 0 Å². The van der Waals surface area contributed by atoms with Crippen molar-refractivity contribution in [2.45, 2.75) is 121 Å². The zero-order valence-corrected chi connectivity index (χ0v) is 22.0. The summed E-state index contributed by atoms with van der Waals surface area (Å²) < 4.78 is 33.4. The summed E-state index contributed by atoms with van der Waals surface area (Å²) in [5.41, 5.74) is 1.69. The van der Waals surface area contributed by atoms with Crippen molar-refractivity contribution in [2.75, 3.05) is 0 Å². The number of aryl methyl sites for hydroxylation is 2. The summed E-state index contributed by atoms with van der Waals surface area (Å²) in [4.78, 5) is -0.0901. The second-order valence-electron chi connectivity index (χ2n) is 8.25. The fourth-order valence-corrected chi connectivity index (χ4v) is 4.54. The Bertz CT molecular complexity index is 629. The first-order valence-corrected chi connectivity index (χ1v) is 12.9. The molecule has 0 unspecified atom stereocenters. The van der Waals surface area contributed by atoms with Crippen LogP contribution in [-0.4, -0.2) is 13.0 Å². The van der Waals surface area contributed by atoms with Crippen LogP contribution in [0.1, 0.15) is 114 Å². The minimum atomic E-state index is -4.35. The smallest absolute Gasteiger partial charge is 0.744 e. The van der Waals surface area contributed by atoms with E-state index in [2.05, 4.69) is 6.92 Å². The summed E-state index contributed by atoms with van der Waals surface area (Å²) in [7, 11) is -4.35. The number of hydrogen-bond acceptors (Lipinski definition) is 3. The number of hydrogen-bond donors (Lipinski definition) is 0. The van der Waals surface area contributed by atoms with Gasteiger partial charge in [0, 0.05) is 0 Å². The van der Waals surface area contributed by atoms with Crippen LogP contribution in [0.4, 0.5) is 0 Å². The van der Waals surface area contributed by atoms with Crippen molar-refractivity contribution in [1.29, 1.82) is 0 Å². The van der Waals surface area contributed by atoms with Crippen molar-refractivity contribution in [1.82, 2.24) is 0 Å². The third kappa shape index (κ3) is 14.7. The van der Waals surface area contributed by atoms with E-state index >= 15 is 0 Å². The van der Waals surface area contributed by atoms with Gasteiger partial charge in [-0.1, -0.05) is 109 Å². The van der Waals surface area contributed by atoms with Gasteiger partial charge >= 0.3 is 29.6 Å². The van der Waals surface area contributed by atoms with E-state index in [1.165, 1.54) is 96.0 Å². The maximum atomic E-state index is 11.1. The molecule has 0 aliphatic carbocycles. The first-order valence-electron chi connectivity index (χ1n) is 11.5. The standard InChI is InChI=1S/C24H42O3S.Na/c1-3-4-5-6-7-8-9-10-11-12-13-14-15-16-17-18-23-19-20-24(22(2)21-23)28(25,26)27;/h19-21H,3-18H2,1-2H3,(H,25,26,27);/q;+1/p-1. The molecule has 0 spiro atoms. The summed E-state index contributed by atoms with van der Waals surface area (Å²) in [5.74, 6) is 0. The van der Waals surface area contributed by atoms with Crippen LogP contribution < -0.4 is 29.6 Å². The maximum absolute atomic E-state index is 11.1. The molecule has 0 saturated heterocycles. The van der Waals surface area contributed by atoms with Crippen LogP contribution in [0.2, 0.25) is 0 Å². The van der Waals surface area contributed by atoms with E-state index in [0.29, 0.717) is 5.56 Å². The van der Waals surface area contributed by atoms with E-state index in [0.717, 1.165) is 18.4 Å². The van der Waals surface area contributed by atoms with Crippen molar-refractivity contribution < 1.29 is 42.5 Å². The summed E-state index contributed by atoms with van der Waals surface area (Å²) in [6, 6.07) is 5.08.